The van der Waals surface area contributed by atoms with E-state index in [0.29, 0.717) is 0 Å². The van der Waals surface area contributed by atoms with Crippen LogP contribution in [0.15, 0.2) is 9.98 Å². The van der Waals surface area contributed by atoms with E-state index in [2.05, 4.69) is 9.98 Å². The zero-order chi connectivity index (χ0) is 21.8. The van der Waals surface area contributed by atoms with Gasteiger partial charge < -0.3 is 10.2 Å². The molecule has 0 aliphatic heterocycles. The fraction of sp³-hybridized carbons (Fsp3) is 0.909. The molecular formula is C22H46N2NiO2+2. The van der Waals surface area contributed by atoms with Crippen LogP contribution < -0.4 is 0 Å². The Hall–Kier alpha value is -0.246. The van der Waals surface area contributed by atoms with Crippen LogP contribution >= 0.6 is 0 Å². The van der Waals surface area contributed by atoms with Crippen molar-refractivity contribution in [1.82, 2.24) is 0 Å². The quantitative estimate of drug-likeness (QED) is 0.462. The number of aliphatic hydroxyl groups is 2. The summed E-state index contributed by atoms with van der Waals surface area (Å²) in [5, 5.41) is 20.1. The average Bonchev–Trinajstić information content (AvgIpc) is 2.31. The SMILES string of the molecule is CC(C)(C)N=CC(C)(O)C(C)(C)C.CC(C)(C)N=CC(C)(O)C(C)(C)C.[Ni+2]. The largest absolute Gasteiger partial charge is 2.00 e. The predicted molar refractivity (Wildman–Crippen MR) is 117 cm³/mol. The van der Waals surface area contributed by atoms with E-state index in [4.69, 9.17) is 0 Å². The summed E-state index contributed by atoms with van der Waals surface area (Å²) in [5.74, 6) is 0. The van der Waals surface area contributed by atoms with E-state index in [0.717, 1.165) is 0 Å². The van der Waals surface area contributed by atoms with Crippen molar-refractivity contribution in [2.24, 2.45) is 20.8 Å². The molecule has 164 valence electrons. The van der Waals surface area contributed by atoms with E-state index in [1.807, 2.05) is 83.1 Å². The smallest absolute Gasteiger partial charge is 0.384 e. The van der Waals surface area contributed by atoms with Gasteiger partial charge in [0.1, 0.15) is 11.2 Å². The van der Waals surface area contributed by atoms with Gasteiger partial charge in [0.05, 0.1) is 11.1 Å². The molecular weight excluding hydrogens is 383 g/mol. The van der Waals surface area contributed by atoms with Gasteiger partial charge in [0, 0.05) is 12.4 Å². The van der Waals surface area contributed by atoms with Crippen molar-refractivity contribution in [1.29, 1.82) is 0 Å². The number of rotatable bonds is 2. The predicted octanol–water partition coefficient (Wildman–Crippen LogP) is 5.30. The molecule has 0 heterocycles. The molecule has 5 heteroatoms. The average molecular weight is 429 g/mol. The summed E-state index contributed by atoms with van der Waals surface area (Å²) in [6.07, 6.45) is 3.32. The Kier molecular flexibility index (Phi) is 11.6. The van der Waals surface area contributed by atoms with Crippen LogP contribution in [-0.4, -0.2) is 44.9 Å². The minimum Gasteiger partial charge on any atom is -0.384 e. The molecule has 0 aliphatic rings. The van der Waals surface area contributed by atoms with Gasteiger partial charge in [-0.1, -0.05) is 41.5 Å². The first kappa shape index (κ1) is 31.4. The second-order valence-corrected chi connectivity index (χ2v) is 11.7. The fourth-order valence-electron chi connectivity index (χ4n) is 1.03. The minimum atomic E-state index is -0.847. The molecule has 0 aromatic rings. The van der Waals surface area contributed by atoms with E-state index in [9.17, 15) is 10.2 Å². The van der Waals surface area contributed by atoms with Gasteiger partial charge in [-0.25, -0.2) is 0 Å². The Morgan fingerprint density at radius 1 is 0.481 bits per heavy atom. The molecule has 0 radical (unpaired) electrons. The normalized spacial score (nSPS) is 18.4. The van der Waals surface area contributed by atoms with Gasteiger partial charge in [-0.2, -0.15) is 0 Å². The third-order valence-electron chi connectivity index (χ3n) is 4.44. The second-order valence-electron chi connectivity index (χ2n) is 11.7. The first-order valence-electron chi connectivity index (χ1n) is 9.49. The van der Waals surface area contributed by atoms with Crippen molar-refractivity contribution in [2.45, 2.75) is 119 Å². The van der Waals surface area contributed by atoms with Gasteiger partial charge in [0.2, 0.25) is 0 Å². The monoisotopic (exact) mass is 428 g/mol. The minimum absolute atomic E-state index is 0. The molecule has 0 spiro atoms. The molecule has 0 aromatic carbocycles. The van der Waals surface area contributed by atoms with Crippen LogP contribution in [0.25, 0.3) is 0 Å². The number of hydrogen-bond acceptors (Lipinski definition) is 4. The molecule has 27 heavy (non-hydrogen) atoms. The maximum atomic E-state index is 10.1. The van der Waals surface area contributed by atoms with Gasteiger partial charge >= 0.3 is 16.5 Å². The van der Waals surface area contributed by atoms with E-state index >= 15 is 0 Å². The molecule has 0 aromatic heterocycles. The third kappa shape index (κ3) is 14.4. The Labute approximate surface area is 179 Å². The summed E-state index contributed by atoms with van der Waals surface area (Å²) in [7, 11) is 0. The molecule has 0 aliphatic carbocycles. The summed E-state index contributed by atoms with van der Waals surface area (Å²) < 4.78 is 0. The first-order chi connectivity index (χ1) is 10.9. The molecule has 0 amide bonds. The molecule has 0 saturated heterocycles. The summed E-state index contributed by atoms with van der Waals surface area (Å²) in [6, 6.07) is 0. The van der Waals surface area contributed by atoms with Crippen LogP contribution in [0.4, 0.5) is 0 Å². The molecule has 4 nitrogen and oxygen atoms in total. The zero-order valence-electron chi connectivity index (χ0n) is 20.3. The van der Waals surface area contributed by atoms with Gasteiger partial charge in [0.25, 0.3) is 0 Å². The van der Waals surface area contributed by atoms with Crippen molar-refractivity contribution in [2.75, 3.05) is 0 Å². The number of aliphatic imine (C=N–C) groups is 2. The molecule has 0 saturated carbocycles. The van der Waals surface area contributed by atoms with Crippen LogP contribution in [0.5, 0.6) is 0 Å². The van der Waals surface area contributed by atoms with Crippen molar-refractivity contribution in [3.05, 3.63) is 0 Å². The molecule has 0 rings (SSSR count). The second kappa shape index (κ2) is 9.99. The fourth-order valence-corrected chi connectivity index (χ4v) is 1.03. The van der Waals surface area contributed by atoms with Gasteiger partial charge in [-0.05, 0) is 66.2 Å². The maximum absolute atomic E-state index is 10.1. The van der Waals surface area contributed by atoms with Gasteiger partial charge in [-0.3, -0.25) is 9.98 Å². The summed E-state index contributed by atoms with van der Waals surface area (Å²) in [6.45, 7) is 27.7. The van der Waals surface area contributed by atoms with Crippen molar-refractivity contribution in [3.8, 4) is 0 Å². The van der Waals surface area contributed by atoms with Crippen LogP contribution in [-0.2, 0) is 16.5 Å². The summed E-state index contributed by atoms with van der Waals surface area (Å²) >= 11 is 0. The number of nitrogens with zero attached hydrogens (tertiary/aromatic N) is 2. The molecule has 2 atom stereocenters. The van der Waals surface area contributed by atoms with Gasteiger partial charge in [-0.15, -0.1) is 0 Å². The van der Waals surface area contributed by atoms with Gasteiger partial charge in [0.15, 0.2) is 0 Å². The van der Waals surface area contributed by atoms with E-state index in [-0.39, 0.29) is 38.4 Å². The topological polar surface area (TPSA) is 65.2 Å². The Morgan fingerprint density at radius 3 is 0.778 bits per heavy atom. The van der Waals surface area contributed by atoms with Crippen LogP contribution in [0, 0.1) is 10.8 Å². The van der Waals surface area contributed by atoms with Crippen molar-refractivity contribution in [3.63, 3.8) is 0 Å². The third-order valence-corrected chi connectivity index (χ3v) is 4.44. The Bertz CT molecular complexity index is 434. The van der Waals surface area contributed by atoms with Crippen LogP contribution in [0.2, 0.25) is 0 Å². The number of hydrogen-bond donors (Lipinski definition) is 2. The summed E-state index contributed by atoms with van der Waals surface area (Å²) in [5.41, 5.74) is -2.28. The van der Waals surface area contributed by atoms with E-state index < -0.39 is 11.2 Å². The summed E-state index contributed by atoms with van der Waals surface area (Å²) in [4.78, 5) is 8.64. The Morgan fingerprint density at radius 2 is 0.667 bits per heavy atom. The van der Waals surface area contributed by atoms with Crippen molar-refractivity contribution < 1.29 is 26.7 Å². The maximum Gasteiger partial charge on any atom is 2.00 e. The molecule has 2 unspecified atom stereocenters. The molecule has 0 bridgehead atoms. The molecule has 2 N–H and O–H groups in total. The first-order valence-corrected chi connectivity index (χ1v) is 9.49. The standard InChI is InChI=1S/2C11H23NO.Ni/c2*1-9(2,3)11(7,13)8-12-10(4,5)6;/h2*8,13H,1-7H3;/q;;+2. The van der Waals surface area contributed by atoms with Crippen LogP contribution in [0.1, 0.15) is 96.9 Å². The van der Waals surface area contributed by atoms with Crippen molar-refractivity contribution >= 4 is 12.4 Å². The van der Waals surface area contributed by atoms with E-state index in [1.165, 1.54) is 0 Å². The Balaban J connectivity index is -0.000000411. The molecule has 0 fully saturated rings. The zero-order valence-corrected chi connectivity index (χ0v) is 21.2. The van der Waals surface area contributed by atoms with Crippen LogP contribution in [0.3, 0.4) is 0 Å². The van der Waals surface area contributed by atoms with E-state index in [1.54, 1.807) is 26.3 Å².